The number of fused-ring (bicyclic) bond motifs is 1. The van der Waals surface area contributed by atoms with E-state index in [2.05, 4.69) is 50.4 Å². The molecular weight excluding hydrogens is 302 g/mol. The van der Waals surface area contributed by atoms with Crippen LogP contribution in [0.3, 0.4) is 0 Å². The predicted molar refractivity (Wildman–Crippen MR) is 82.2 cm³/mol. The van der Waals surface area contributed by atoms with Gasteiger partial charge >= 0.3 is 0 Å². The lowest BCUT2D eigenvalue weighted by molar-refractivity contribution is 1.05. The van der Waals surface area contributed by atoms with Crippen LogP contribution < -0.4 is 5.73 Å². The molecule has 3 aromatic rings. The number of aromatic nitrogens is 2. The van der Waals surface area contributed by atoms with Crippen molar-refractivity contribution in [2.75, 3.05) is 5.73 Å². The van der Waals surface area contributed by atoms with E-state index in [9.17, 15) is 0 Å². The fraction of sp³-hybridized carbons (Fsp3) is 0.133. The molecule has 1 aromatic carbocycles. The summed E-state index contributed by atoms with van der Waals surface area (Å²) in [5, 5.41) is 0. The van der Waals surface area contributed by atoms with Gasteiger partial charge in [0.1, 0.15) is 5.82 Å². The van der Waals surface area contributed by atoms with E-state index in [1.807, 2.05) is 25.3 Å². The third-order valence-electron chi connectivity index (χ3n) is 3.29. The lowest BCUT2D eigenvalue weighted by Crippen LogP contribution is -1.90. The van der Waals surface area contributed by atoms with Crippen LogP contribution in [-0.2, 0) is 0 Å². The molecule has 2 heterocycles. The second-order valence-electron chi connectivity index (χ2n) is 4.69. The summed E-state index contributed by atoms with van der Waals surface area (Å²) in [4.78, 5) is 4.66. The molecule has 0 aliphatic rings. The summed E-state index contributed by atoms with van der Waals surface area (Å²) in [6.07, 6.45) is 1.96. The summed E-state index contributed by atoms with van der Waals surface area (Å²) >= 11 is 3.57. The Labute approximate surface area is 120 Å². The van der Waals surface area contributed by atoms with Crippen molar-refractivity contribution in [3.63, 3.8) is 0 Å². The van der Waals surface area contributed by atoms with Crippen LogP contribution in [0.2, 0.25) is 0 Å². The fourth-order valence-corrected chi connectivity index (χ4v) is 2.59. The van der Waals surface area contributed by atoms with Gasteiger partial charge in [0.25, 0.3) is 0 Å². The van der Waals surface area contributed by atoms with Crippen LogP contribution in [-0.4, -0.2) is 9.38 Å². The predicted octanol–water partition coefficient (Wildman–Crippen LogP) is 3.96. The number of aryl methyl sites for hydroxylation is 2. The van der Waals surface area contributed by atoms with E-state index in [0.29, 0.717) is 0 Å². The van der Waals surface area contributed by atoms with Gasteiger partial charge in [0.15, 0.2) is 0 Å². The average molecular weight is 316 g/mol. The number of benzene rings is 1. The molecule has 3 rings (SSSR count). The van der Waals surface area contributed by atoms with Crippen LogP contribution in [0, 0.1) is 13.8 Å². The van der Waals surface area contributed by atoms with Gasteiger partial charge in [-0.1, -0.05) is 28.1 Å². The van der Waals surface area contributed by atoms with Crippen LogP contribution in [0.1, 0.15) is 11.4 Å². The summed E-state index contributed by atoms with van der Waals surface area (Å²) < 4.78 is 3.15. The molecule has 2 N–H and O–H groups in total. The Morgan fingerprint density at radius 2 is 1.95 bits per heavy atom. The number of nitrogen functional groups attached to an aromatic ring is 1. The van der Waals surface area contributed by atoms with Gasteiger partial charge in [0, 0.05) is 21.9 Å². The molecule has 0 saturated carbocycles. The van der Waals surface area contributed by atoms with Crippen molar-refractivity contribution in [2.45, 2.75) is 13.8 Å². The second-order valence-corrected chi connectivity index (χ2v) is 5.54. The lowest BCUT2D eigenvalue weighted by Gasteiger charge is -2.03. The molecule has 0 bridgehead atoms. The van der Waals surface area contributed by atoms with Gasteiger partial charge in [0.05, 0.1) is 11.2 Å². The molecule has 2 aromatic heterocycles. The van der Waals surface area contributed by atoms with Crippen molar-refractivity contribution in [3.05, 3.63) is 52.4 Å². The van der Waals surface area contributed by atoms with Gasteiger partial charge in [-0.25, -0.2) is 4.98 Å². The third kappa shape index (κ3) is 2.02. The van der Waals surface area contributed by atoms with Gasteiger partial charge in [0.2, 0.25) is 0 Å². The van der Waals surface area contributed by atoms with Crippen molar-refractivity contribution >= 4 is 27.1 Å². The van der Waals surface area contributed by atoms with Crippen LogP contribution in [0.4, 0.5) is 5.69 Å². The van der Waals surface area contributed by atoms with Crippen LogP contribution >= 0.6 is 15.9 Å². The summed E-state index contributed by atoms with van der Waals surface area (Å²) in [5.74, 6) is 0.960. The topological polar surface area (TPSA) is 43.3 Å². The molecule has 19 heavy (non-hydrogen) atoms. The third-order valence-corrected chi connectivity index (χ3v) is 4.14. The molecular formula is C15H14BrN3. The highest BCUT2D eigenvalue weighted by molar-refractivity contribution is 9.10. The van der Waals surface area contributed by atoms with Crippen LogP contribution in [0.15, 0.2) is 41.0 Å². The summed E-state index contributed by atoms with van der Waals surface area (Å²) in [5.41, 5.74) is 10.9. The number of hydrogen-bond acceptors (Lipinski definition) is 2. The number of anilines is 1. The Bertz CT molecular complexity index is 774. The molecule has 0 aliphatic heterocycles. The van der Waals surface area contributed by atoms with Gasteiger partial charge in [-0.15, -0.1) is 0 Å². The maximum absolute atomic E-state index is 5.88. The largest absolute Gasteiger partial charge is 0.399 e. The summed E-state index contributed by atoms with van der Waals surface area (Å²) in [6, 6.07) is 10.1. The zero-order chi connectivity index (χ0) is 13.6. The first-order chi connectivity index (χ1) is 9.06. The van der Waals surface area contributed by atoms with Gasteiger partial charge in [-0.3, -0.25) is 0 Å². The average Bonchev–Trinajstić information content (AvgIpc) is 2.70. The number of halogens is 1. The smallest absolute Gasteiger partial charge is 0.110 e. The molecule has 0 unspecified atom stereocenters. The van der Waals surface area contributed by atoms with E-state index in [4.69, 9.17) is 5.73 Å². The van der Waals surface area contributed by atoms with Gasteiger partial charge < -0.3 is 10.1 Å². The van der Waals surface area contributed by atoms with E-state index in [0.717, 1.165) is 32.8 Å². The first-order valence-corrected chi connectivity index (χ1v) is 6.86. The minimum atomic E-state index is 0.750. The number of hydrogen-bond donors (Lipinski definition) is 1. The molecule has 3 nitrogen and oxygen atoms in total. The summed E-state index contributed by atoms with van der Waals surface area (Å²) in [7, 11) is 0. The van der Waals surface area contributed by atoms with Crippen molar-refractivity contribution < 1.29 is 0 Å². The molecule has 0 atom stereocenters. The Kier molecular flexibility index (Phi) is 2.82. The van der Waals surface area contributed by atoms with Gasteiger partial charge in [-0.05, 0) is 37.6 Å². The van der Waals surface area contributed by atoms with E-state index in [-0.39, 0.29) is 0 Å². The van der Waals surface area contributed by atoms with Crippen LogP contribution in [0.25, 0.3) is 16.8 Å². The maximum atomic E-state index is 5.88. The van der Waals surface area contributed by atoms with Crippen molar-refractivity contribution in [1.82, 2.24) is 9.38 Å². The quantitative estimate of drug-likeness (QED) is 0.738. The van der Waals surface area contributed by atoms with Gasteiger partial charge in [-0.2, -0.15) is 0 Å². The van der Waals surface area contributed by atoms with E-state index in [1.54, 1.807) is 0 Å². The first-order valence-electron chi connectivity index (χ1n) is 6.07. The second kappa shape index (κ2) is 4.38. The minimum Gasteiger partial charge on any atom is -0.399 e. The fourth-order valence-electron chi connectivity index (χ4n) is 2.21. The Morgan fingerprint density at radius 3 is 2.68 bits per heavy atom. The number of rotatable bonds is 1. The Hall–Kier alpha value is -1.81. The first kappa shape index (κ1) is 12.2. The molecule has 0 saturated heterocycles. The molecule has 0 aliphatic carbocycles. The Morgan fingerprint density at radius 1 is 1.16 bits per heavy atom. The molecule has 0 amide bonds. The molecule has 0 fully saturated rings. The standard InChI is InChI=1S/C15H14BrN3/c1-9-3-4-11(7-13(9)16)15-14-8-12(17)5-6-19(14)10(2)18-15/h3-8H,17H2,1-2H3. The maximum Gasteiger partial charge on any atom is 0.110 e. The van der Waals surface area contributed by atoms with Crippen molar-refractivity contribution in [2.24, 2.45) is 0 Å². The zero-order valence-corrected chi connectivity index (χ0v) is 12.4. The molecule has 0 radical (unpaired) electrons. The number of nitrogens with zero attached hydrogens (tertiary/aromatic N) is 2. The SMILES string of the molecule is Cc1ccc(-c2nc(C)n3ccc(N)cc23)cc1Br. The normalized spacial score (nSPS) is 11.1. The van der Waals surface area contributed by atoms with E-state index < -0.39 is 0 Å². The molecule has 96 valence electrons. The van der Waals surface area contributed by atoms with Crippen molar-refractivity contribution in [3.8, 4) is 11.3 Å². The van der Waals surface area contributed by atoms with E-state index in [1.165, 1.54) is 5.56 Å². The highest BCUT2D eigenvalue weighted by Gasteiger charge is 2.11. The van der Waals surface area contributed by atoms with Crippen molar-refractivity contribution in [1.29, 1.82) is 0 Å². The highest BCUT2D eigenvalue weighted by atomic mass is 79.9. The minimum absolute atomic E-state index is 0.750. The molecule has 4 heteroatoms. The lowest BCUT2D eigenvalue weighted by atomic mass is 10.1. The van der Waals surface area contributed by atoms with E-state index >= 15 is 0 Å². The number of nitrogens with two attached hydrogens (primary N) is 1. The molecule has 0 spiro atoms. The number of pyridine rings is 1. The number of imidazole rings is 1. The monoisotopic (exact) mass is 315 g/mol. The zero-order valence-electron chi connectivity index (χ0n) is 10.8. The van der Waals surface area contributed by atoms with Crippen LogP contribution in [0.5, 0.6) is 0 Å². The highest BCUT2D eigenvalue weighted by Crippen LogP contribution is 2.29. The Balaban J connectivity index is 2.29. The summed E-state index contributed by atoms with van der Waals surface area (Å²) in [6.45, 7) is 4.07.